The van der Waals surface area contributed by atoms with Gasteiger partial charge in [-0.2, -0.15) is 0 Å². The molecule has 1 aromatic carbocycles. The third-order valence-corrected chi connectivity index (χ3v) is 6.51. The molecule has 140 valence electrons. The maximum absolute atomic E-state index is 12.7. The van der Waals surface area contributed by atoms with E-state index in [1.54, 1.807) is 11.3 Å². The summed E-state index contributed by atoms with van der Waals surface area (Å²) in [5, 5.41) is 14.7. The Bertz CT molecular complexity index is 888. The van der Waals surface area contributed by atoms with Gasteiger partial charge in [0.15, 0.2) is 5.16 Å². The highest BCUT2D eigenvalue weighted by Gasteiger charge is 2.30. The third-order valence-electron chi connectivity index (χ3n) is 4.60. The van der Waals surface area contributed by atoms with Crippen molar-refractivity contribution in [2.45, 2.75) is 43.4 Å². The molecule has 3 aromatic rings. The Morgan fingerprint density at radius 2 is 2.07 bits per heavy atom. The van der Waals surface area contributed by atoms with E-state index in [9.17, 15) is 4.79 Å². The number of nitrogens with one attached hydrogen (secondary N) is 1. The first kappa shape index (κ1) is 18.3. The zero-order valence-electron chi connectivity index (χ0n) is 15.2. The van der Waals surface area contributed by atoms with Crippen LogP contribution in [0.15, 0.2) is 53.0 Å². The quantitative estimate of drug-likeness (QED) is 0.577. The second kappa shape index (κ2) is 8.27. The highest BCUT2D eigenvalue weighted by molar-refractivity contribution is 7.99. The van der Waals surface area contributed by atoms with E-state index >= 15 is 0 Å². The smallest absolute Gasteiger partial charge is 0.231 e. The van der Waals surface area contributed by atoms with Crippen LogP contribution in [0.4, 0.5) is 0 Å². The molecule has 0 aliphatic heterocycles. The molecule has 1 amide bonds. The SMILES string of the molecule is CCn1c(SCC(=O)N[C@@H](c2ccccc2)c2cccs2)nnc1C1CC1. The predicted molar refractivity (Wildman–Crippen MR) is 109 cm³/mol. The maximum Gasteiger partial charge on any atom is 0.231 e. The van der Waals surface area contributed by atoms with Crippen molar-refractivity contribution in [3.63, 3.8) is 0 Å². The van der Waals surface area contributed by atoms with Crippen LogP contribution in [-0.4, -0.2) is 26.4 Å². The first-order chi connectivity index (χ1) is 13.3. The lowest BCUT2D eigenvalue weighted by Crippen LogP contribution is -2.30. The Morgan fingerprint density at radius 3 is 2.74 bits per heavy atom. The molecule has 1 aliphatic carbocycles. The minimum Gasteiger partial charge on any atom is -0.344 e. The summed E-state index contributed by atoms with van der Waals surface area (Å²) < 4.78 is 2.14. The lowest BCUT2D eigenvalue weighted by Gasteiger charge is -2.18. The van der Waals surface area contributed by atoms with Gasteiger partial charge in [-0.15, -0.1) is 21.5 Å². The van der Waals surface area contributed by atoms with E-state index in [1.807, 2.05) is 41.8 Å². The Kier molecular flexibility index (Phi) is 5.59. The summed E-state index contributed by atoms with van der Waals surface area (Å²) in [6.07, 6.45) is 2.39. The van der Waals surface area contributed by atoms with Crippen LogP contribution in [0.25, 0.3) is 0 Å². The maximum atomic E-state index is 12.7. The van der Waals surface area contributed by atoms with Crippen LogP contribution in [0.1, 0.15) is 48.0 Å². The van der Waals surface area contributed by atoms with Crippen molar-refractivity contribution < 1.29 is 4.79 Å². The van der Waals surface area contributed by atoms with E-state index in [2.05, 4.69) is 33.1 Å². The Hall–Kier alpha value is -2.12. The molecule has 1 atom stereocenters. The normalized spacial score (nSPS) is 14.9. The topological polar surface area (TPSA) is 59.8 Å². The number of carbonyl (C=O) groups excluding carboxylic acids is 1. The molecule has 0 saturated heterocycles. The average molecular weight is 399 g/mol. The number of thiophene rings is 1. The van der Waals surface area contributed by atoms with Gasteiger partial charge in [0.05, 0.1) is 11.8 Å². The van der Waals surface area contributed by atoms with Crippen molar-refractivity contribution >= 4 is 29.0 Å². The summed E-state index contributed by atoms with van der Waals surface area (Å²) in [5.41, 5.74) is 1.09. The van der Waals surface area contributed by atoms with Crippen LogP contribution in [0.2, 0.25) is 0 Å². The van der Waals surface area contributed by atoms with Crippen LogP contribution < -0.4 is 5.32 Å². The zero-order chi connectivity index (χ0) is 18.6. The summed E-state index contributed by atoms with van der Waals surface area (Å²) in [7, 11) is 0. The molecule has 0 unspecified atom stereocenters. The number of hydrogen-bond donors (Lipinski definition) is 1. The fourth-order valence-electron chi connectivity index (χ4n) is 3.10. The Balaban J connectivity index is 1.43. The number of carbonyl (C=O) groups is 1. The molecule has 0 spiro atoms. The molecule has 1 N–H and O–H groups in total. The number of thioether (sulfide) groups is 1. The van der Waals surface area contributed by atoms with E-state index in [4.69, 9.17) is 0 Å². The van der Waals surface area contributed by atoms with Crippen LogP contribution >= 0.6 is 23.1 Å². The lowest BCUT2D eigenvalue weighted by molar-refractivity contribution is -0.119. The van der Waals surface area contributed by atoms with Gasteiger partial charge in [-0.3, -0.25) is 4.79 Å². The summed E-state index contributed by atoms with van der Waals surface area (Å²) >= 11 is 3.11. The van der Waals surface area contributed by atoms with E-state index in [-0.39, 0.29) is 11.9 Å². The molecule has 1 saturated carbocycles. The molecule has 2 heterocycles. The van der Waals surface area contributed by atoms with Crippen LogP contribution in [-0.2, 0) is 11.3 Å². The van der Waals surface area contributed by atoms with Crippen molar-refractivity contribution in [1.82, 2.24) is 20.1 Å². The van der Waals surface area contributed by atoms with Gasteiger partial charge in [-0.05, 0) is 36.8 Å². The molecule has 27 heavy (non-hydrogen) atoms. The van der Waals surface area contributed by atoms with E-state index < -0.39 is 0 Å². The number of rotatable bonds is 8. The van der Waals surface area contributed by atoms with Gasteiger partial charge in [-0.1, -0.05) is 48.2 Å². The molecular formula is C20H22N4OS2. The largest absolute Gasteiger partial charge is 0.344 e. The minimum atomic E-state index is -0.120. The fourth-order valence-corrected chi connectivity index (χ4v) is 4.72. The van der Waals surface area contributed by atoms with E-state index in [0.29, 0.717) is 11.7 Å². The molecule has 1 aliphatic rings. The van der Waals surface area contributed by atoms with Crippen molar-refractivity contribution in [1.29, 1.82) is 0 Å². The lowest BCUT2D eigenvalue weighted by atomic mass is 10.1. The average Bonchev–Trinajstić information content (AvgIpc) is 3.24. The van der Waals surface area contributed by atoms with Crippen molar-refractivity contribution in [3.8, 4) is 0 Å². The summed E-state index contributed by atoms with van der Waals surface area (Å²) in [4.78, 5) is 13.8. The van der Waals surface area contributed by atoms with Gasteiger partial charge in [0, 0.05) is 17.3 Å². The second-order valence-corrected chi connectivity index (χ2v) is 8.50. The number of hydrogen-bond acceptors (Lipinski definition) is 5. The fraction of sp³-hybridized carbons (Fsp3) is 0.350. The molecule has 1 fully saturated rings. The van der Waals surface area contributed by atoms with Gasteiger partial charge >= 0.3 is 0 Å². The zero-order valence-corrected chi connectivity index (χ0v) is 16.8. The van der Waals surface area contributed by atoms with Crippen molar-refractivity contribution in [3.05, 3.63) is 64.1 Å². The van der Waals surface area contributed by atoms with Gasteiger partial charge < -0.3 is 9.88 Å². The minimum absolute atomic E-state index is 0.000813. The molecule has 7 heteroatoms. The van der Waals surface area contributed by atoms with Crippen LogP contribution in [0.5, 0.6) is 0 Å². The number of benzene rings is 1. The number of aromatic nitrogens is 3. The van der Waals surface area contributed by atoms with Crippen LogP contribution in [0, 0.1) is 0 Å². The van der Waals surface area contributed by atoms with E-state index in [0.717, 1.165) is 28.0 Å². The predicted octanol–water partition coefficient (Wildman–Crippen LogP) is 4.23. The number of nitrogens with zero attached hydrogens (tertiary/aromatic N) is 3. The Labute approximate surface area is 167 Å². The standard InChI is InChI=1S/C20H22N4OS2/c1-2-24-19(15-10-11-15)22-23-20(24)27-13-17(25)21-18(16-9-6-12-26-16)14-7-4-3-5-8-14/h3-9,12,15,18H,2,10-11,13H2,1H3,(H,21,25)/t18-/m0/s1. The second-order valence-electron chi connectivity index (χ2n) is 6.57. The van der Waals surface area contributed by atoms with Gasteiger partial charge in [0.25, 0.3) is 0 Å². The molecule has 0 bridgehead atoms. The summed E-state index contributed by atoms with van der Waals surface area (Å²) in [6.45, 7) is 2.94. The summed E-state index contributed by atoms with van der Waals surface area (Å²) in [6, 6.07) is 14.0. The molecular weight excluding hydrogens is 376 g/mol. The molecule has 0 radical (unpaired) electrons. The Morgan fingerprint density at radius 1 is 1.26 bits per heavy atom. The van der Waals surface area contributed by atoms with E-state index in [1.165, 1.54) is 24.6 Å². The van der Waals surface area contributed by atoms with Crippen LogP contribution in [0.3, 0.4) is 0 Å². The highest BCUT2D eigenvalue weighted by Crippen LogP contribution is 2.40. The molecule has 4 rings (SSSR count). The van der Waals surface area contributed by atoms with Gasteiger partial charge in [0.1, 0.15) is 5.82 Å². The molecule has 2 aromatic heterocycles. The summed E-state index contributed by atoms with van der Waals surface area (Å²) in [5.74, 6) is 1.96. The first-order valence-electron chi connectivity index (χ1n) is 9.20. The third kappa shape index (κ3) is 4.25. The van der Waals surface area contributed by atoms with Gasteiger partial charge in [-0.25, -0.2) is 0 Å². The van der Waals surface area contributed by atoms with Gasteiger partial charge in [0.2, 0.25) is 5.91 Å². The monoisotopic (exact) mass is 398 g/mol. The highest BCUT2D eigenvalue weighted by atomic mass is 32.2. The molecule has 5 nitrogen and oxygen atoms in total. The van der Waals surface area contributed by atoms with Crippen molar-refractivity contribution in [2.75, 3.05) is 5.75 Å². The number of amides is 1. The van der Waals surface area contributed by atoms with Crippen molar-refractivity contribution in [2.24, 2.45) is 0 Å². The first-order valence-corrected chi connectivity index (χ1v) is 11.1.